The predicted molar refractivity (Wildman–Crippen MR) is 77.2 cm³/mol. The molecule has 1 atom stereocenters. The Bertz CT molecular complexity index is 627. The van der Waals surface area contributed by atoms with Gasteiger partial charge in [0.1, 0.15) is 0 Å². The molecule has 3 rings (SSSR count). The zero-order valence-electron chi connectivity index (χ0n) is 10.8. The highest BCUT2D eigenvalue weighted by Crippen LogP contribution is 2.44. The lowest BCUT2D eigenvalue weighted by Gasteiger charge is -2.28. The first-order valence-electron chi connectivity index (χ1n) is 6.57. The zero-order valence-corrected chi connectivity index (χ0v) is 10.8. The Hall–Kier alpha value is -2.15. The Labute approximate surface area is 113 Å². The van der Waals surface area contributed by atoms with Gasteiger partial charge in [-0.15, -0.1) is 6.58 Å². The number of Topliss-reactive ketones (excluding diaryl/α,β-unsaturated/α-hetero) is 1. The summed E-state index contributed by atoms with van der Waals surface area (Å²) in [5, 5.41) is 0. The Morgan fingerprint density at radius 3 is 2.47 bits per heavy atom. The second kappa shape index (κ2) is 4.51. The largest absolute Gasteiger partial charge is 0.298 e. The van der Waals surface area contributed by atoms with Crippen molar-refractivity contribution in [1.82, 2.24) is 0 Å². The van der Waals surface area contributed by atoms with Crippen LogP contribution in [0.25, 0.3) is 0 Å². The van der Waals surface area contributed by atoms with Crippen LogP contribution in [0.3, 0.4) is 0 Å². The summed E-state index contributed by atoms with van der Waals surface area (Å²) in [5.41, 5.74) is 2.84. The van der Waals surface area contributed by atoms with Crippen molar-refractivity contribution in [3.8, 4) is 0 Å². The van der Waals surface area contributed by atoms with Crippen molar-refractivity contribution >= 4 is 5.78 Å². The average Bonchev–Trinajstić information content (AvgIpc) is 2.74. The van der Waals surface area contributed by atoms with Crippen LogP contribution in [0.2, 0.25) is 0 Å². The van der Waals surface area contributed by atoms with Gasteiger partial charge in [0, 0.05) is 6.42 Å². The van der Waals surface area contributed by atoms with E-state index in [2.05, 4.69) is 18.7 Å². The first-order chi connectivity index (χ1) is 9.29. The van der Waals surface area contributed by atoms with Crippen LogP contribution in [-0.2, 0) is 16.6 Å². The molecular formula is C18H16O. The van der Waals surface area contributed by atoms with E-state index in [1.54, 1.807) is 0 Å². The molecule has 0 bridgehead atoms. The van der Waals surface area contributed by atoms with Gasteiger partial charge in [-0.25, -0.2) is 0 Å². The molecule has 0 saturated heterocycles. The number of benzene rings is 2. The van der Waals surface area contributed by atoms with Gasteiger partial charge >= 0.3 is 0 Å². The quantitative estimate of drug-likeness (QED) is 0.757. The van der Waals surface area contributed by atoms with Gasteiger partial charge in [-0.1, -0.05) is 60.7 Å². The number of allylic oxidation sites excluding steroid dienone is 1. The lowest BCUT2D eigenvalue weighted by Crippen LogP contribution is -2.32. The van der Waals surface area contributed by atoms with Crippen LogP contribution in [0.4, 0.5) is 0 Å². The molecule has 0 spiro atoms. The Kier molecular flexibility index (Phi) is 2.83. The van der Waals surface area contributed by atoms with Gasteiger partial charge < -0.3 is 0 Å². The third-order valence-electron chi connectivity index (χ3n) is 4.02. The Morgan fingerprint density at radius 2 is 1.74 bits per heavy atom. The van der Waals surface area contributed by atoms with Gasteiger partial charge in [-0.05, 0) is 23.1 Å². The summed E-state index contributed by atoms with van der Waals surface area (Å²) in [6, 6.07) is 18.2. The average molecular weight is 248 g/mol. The molecule has 0 unspecified atom stereocenters. The predicted octanol–water partition coefficient (Wildman–Crippen LogP) is 3.67. The summed E-state index contributed by atoms with van der Waals surface area (Å²) in [4.78, 5) is 12.7. The molecule has 1 aliphatic rings. The molecule has 0 aliphatic heterocycles. The second-order valence-corrected chi connectivity index (χ2v) is 5.02. The van der Waals surface area contributed by atoms with Gasteiger partial charge in [-0.3, -0.25) is 4.79 Å². The zero-order chi connectivity index (χ0) is 13.3. The Morgan fingerprint density at radius 1 is 1.05 bits per heavy atom. The van der Waals surface area contributed by atoms with E-state index >= 15 is 0 Å². The van der Waals surface area contributed by atoms with Crippen LogP contribution in [0, 0.1) is 0 Å². The van der Waals surface area contributed by atoms with E-state index in [4.69, 9.17) is 0 Å². The van der Waals surface area contributed by atoms with E-state index in [0.29, 0.717) is 12.8 Å². The summed E-state index contributed by atoms with van der Waals surface area (Å²) >= 11 is 0. The van der Waals surface area contributed by atoms with E-state index in [9.17, 15) is 4.79 Å². The second-order valence-electron chi connectivity index (χ2n) is 5.02. The van der Waals surface area contributed by atoms with Gasteiger partial charge in [0.15, 0.2) is 5.78 Å². The summed E-state index contributed by atoms with van der Waals surface area (Å²) in [7, 11) is 0. The van der Waals surface area contributed by atoms with Crippen LogP contribution >= 0.6 is 0 Å². The number of carbonyl (C=O) groups is 1. The minimum Gasteiger partial charge on any atom is -0.298 e. The molecule has 0 amide bonds. The minimum atomic E-state index is -0.528. The van der Waals surface area contributed by atoms with E-state index in [-0.39, 0.29) is 5.78 Å². The lowest BCUT2D eigenvalue weighted by molar-refractivity contribution is -0.121. The van der Waals surface area contributed by atoms with E-state index in [0.717, 1.165) is 16.7 Å². The SMILES string of the molecule is C=CC[C@@]1(c2ccccc2)C(=O)Cc2ccccc21. The Balaban J connectivity index is 2.27. The standard InChI is InChI=1S/C18H16O/c1-2-12-18(15-9-4-3-5-10-15)16-11-7-6-8-14(16)13-17(18)19/h2-11H,1,12-13H2/t18-/m0/s1. The number of carbonyl (C=O) groups excluding carboxylic acids is 1. The van der Waals surface area contributed by atoms with Gasteiger partial charge in [-0.2, -0.15) is 0 Å². The fraction of sp³-hybridized carbons (Fsp3) is 0.167. The van der Waals surface area contributed by atoms with Crippen molar-refractivity contribution in [2.75, 3.05) is 0 Å². The molecule has 0 N–H and O–H groups in total. The third-order valence-corrected chi connectivity index (χ3v) is 4.02. The summed E-state index contributed by atoms with van der Waals surface area (Å²) in [5.74, 6) is 0.278. The van der Waals surface area contributed by atoms with E-state index < -0.39 is 5.41 Å². The molecule has 1 aliphatic carbocycles. The molecule has 0 heterocycles. The molecule has 0 fully saturated rings. The highest BCUT2D eigenvalue weighted by atomic mass is 16.1. The first kappa shape index (κ1) is 11.9. The third kappa shape index (κ3) is 1.66. The van der Waals surface area contributed by atoms with Gasteiger partial charge in [0.25, 0.3) is 0 Å². The fourth-order valence-electron chi connectivity index (χ4n) is 3.16. The normalized spacial score (nSPS) is 21.2. The van der Waals surface area contributed by atoms with Crippen LogP contribution < -0.4 is 0 Å². The minimum absolute atomic E-state index is 0.278. The smallest absolute Gasteiger partial charge is 0.152 e. The fourth-order valence-corrected chi connectivity index (χ4v) is 3.16. The van der Waals surface area contributed by atoms with Crippen molar-refractivity contribution < 1.29 is 4.79 Å². The van der Waals surface area contributed by atoms with Crippen molar-refractivity contribution in [1.29, 1.82) is 0 Å². The number of hydrogen-bond acceptors (Lipinski definition) is 1. The van der Waals surface area contributed by atoms with Crippen LogP contribution in [0.15, 0.2) is 67.3 Å². The maximum absolute atomic E-state index is 12.7. The maximum Gasteiger partial charge on any atom is 0.152 e. The van der Waals surface area contributed by atoms with Crippen molar-refractivity contribution in [3.05, 3.63) is 83.9 Å². The monoisotopic (exact) mass is 248 g/mol. The number of hydrogen-bond donors (Lipinski definition) is 0. The van der Waals surface area contributed by atoms with Crippen LogP contribution in [-0.4, -0.2) is 5.78 Å². The molecular weight excluding hydrogens is 232 g/mol. The molecule has 0 saturated carbocycles. The molecule has 0 radical (unpaired) electrons. The molecule has 19 heavy (non-hydrogen) atoms. The molecule has 1 heteroatoms. The molecule has 1 nitrogen and oxygen atoms in total. The van der Waals surface area contributed by atoms with Crippen molar-refractivity contribution in [2.24, 2.45) is 0 Å². The van der Waals surface area contributed by atoms with Crippen molar-refractivity contribution in [2.45, 2.75) is 18.3 Å². The topological polar surface area (TPSA) is 17.1 Å². The maximum atomic E-state index is 12.7. The highest BCUT2D eigenvalue weighted by molar-refractivity contribution is 6.00. The van der Waals surface area contributed by atoms with E-state index in [1.165, 1.54) is 0 Å². The first-order valence-corrected chi connectivity index (χ1v) is 6.57. The van der Waals surface area contributed by atoms with Gasteiger partial charge in [0.05, 0.1) is 5.41 Å². The van der Waals surface area contributed by atoms with Gasteiger partial charge in [0.2, 0.25) is 0 Å². The summed E-state index contributed by atoms with van der Waals surface area (Å²) in [6.45, 7) is 3.85. The molecule has 0 aromatic heterocycles. The lowest BCUT2D eigenvalue weighted by atomic mass is 9.72. The number of rotatable bonds is 3. The summed E-state index contributed by atoms with van der Waals surface area (Å²) in [6.07, 6.45) is 3.04. The molecule has 2 aromatic carbocycles. The number of fused-ring (bicyclic) bond motifs is 1. The van der Waals surface area contributed by atoms with Crippen molar-refractivity contribution in [3.63, 3.8) is 0 Å². The highest BCUT2D eigenvalue weighted by Gasteiger charge is 2.46. The summed E-state index contributed by atoms with van der Waals surface area (Å²) < 4.78 is 0. The van der Waals surface area contributed by atoms with E-state index in [1.807, 2.05) is 48.5 Å². The van der Waals surface area contributed by atoms with Crippen LogP contribution in [0.1, 0.15) is 23.1 Å². The van der Waals surface area contributed by atoms with Crippen LogP contribution in [0.5, 0.6) is 0 Å². The molecule has 94 valence electrons. The molecule has 2 aromatic rings. The number of ketones is 1.